The lowest BCUT2D eigenvalue weighted by Crippen LogP contribution is -2.39. The predicted octanol–water partition coefficient (Wildman–Crippen LogP) is 3.30. The molecule has 0 bridgehead atoms. The highest BCUT2D eigenvalue weighted by Crippen LogP contribution is 2.38. The number of fused-ring (bicyclic) bond motifs is 1. The van der Waals surface area contributed by atoms with Crippen LogP contribution in [0.25, 0.3) is 0 Å². The van der Waals surface area contributed by atoms with Crippen LogP contribution in [0.5, 0.6) is 0 Å². The van der Waals surface area contributed by atoms with Gasteiger partial charge in [0.15, 0.2) is 15.0 Å². The zero-order valence-electron chi connectivity index (χ0n) is 16.1. The second-order valence-electron chi connectivity index (χ2n) is 8.23. The molecule has 1 aromatic carbocycles. The molecule has 0 radical (unpaired) electrons. The molecule has 3 aliphatic rings. The van der Waals surface area contributed by atoms with Gasteiger partial charge in [0.25, 0.3) is 0 Å². The van der Waals surface area contributed by atoms with Crippen molar-refractivity contribution in [1.82, 2.24) is 4.90 Å². The Hall–Kier alpha value is -1.34. The van der Waals surface area contributed by atoms with Gasteiger partial charge in [-0.3, -0.25) is 4.79 Å². The van der Waals surface area contributed by atoms with E-state index in [1.807, 2.05) is 18.2 Å². The summed E-state index contributed by atoms with van der Waals surface area (Å²) in [5.74, 6) is 0.798. The van der Waals surface area contributed by atoms with Crippen LogP contribution in [-0.2, 0) is 21.1 Å². The van der Waals surface area contributed by atoms with Crippen molar-refractivity contribution in [2.24, 2.45) is 10.9 Å². The van der Waals surface area contributed by atoms with Gasteiger partial charge < -0.3 is 4.90 Å². The zero-order valence-corrected chi connectivity index (χ0v) is 17.8. The summed E-state index contributed by atoms with van der Waals surface area (Å²) >= 11 is 1.49. The van der Waals surface area contributed by atoms with Gasteiger partial charge in [-0.1, -0.05) is 61.4 Å². The van der Waals surface area contributed by atoms with Crippen LogP contribution in [0.2, 0.25) is 0 Å². The fourth-order valence-electron chi connectivity index (χ4n) is 4.58. The fourth-order valence-corrected chi connectivity index (χ4v) is 8.58. The van der Waals surface area contributed by atoms with E-state index in [-0.39, 0.29) is 28.7 Å². The van der Waals surface area contributed by atoms with E-state index in [1.165, 1.54) is 36.6 Å². The summed E-state index contributed by atoms with van der Waals surface area (Å²) in [6.45, 7) is 0.698. The molecular formula is C21H28N2O3S2. The van der Waals surface area contributed by atoms with E-state index in [2.05, 4.69) is 22.0 Å². The molecule has 2 saturated heterocycles. The number of carbonyl (C=O) groups excluding carboxylic acids is 1. The normalized spacial score (nSPS) is 28.6. The lowest BCUT2D eigenvalue weighted by Gasteiger charge is -2.24. The molecule has 3 fully saturated rings. The molecule has 0 unspecified atom stereocenters. The first-order valence-corrected chi connectivity index (χ1v) is 13.0. The maximum atomic E-state index is 12.6. The van der Waals surface area contributed by atoms with Gasteiger partial charge in [-0.2, -0.15) is 4.99 Å². The number of nitrogens with zero attached hydrogens (tertiary/aromatic N) is 2. The molecule has 2 heterocycles. The van der Waals surface area contributed by atoms with Crippen LogP contribution >= 0.6 is 11.8 Å². The molecule has 7 heteroatoms. The first-order chi connectivity index (χ1) is 13.5. The van der Waals surface area contributed by atoms with Crippen LogP contribution in [0, 0.1) is 5.92 Å². The second-order valence-corrected chi connectivity index (χ2v) is 11.6. The van der Waals surface area contributed by atoms with E-state index >= 15 is 0 Å². The van der Waals surface area contributed by atoms with Crippen LogP contribution in [0.15, 0.2) is 35.3 Å². The number of hydrogen-bond acceptors (Lipinski definition) is 4. The van der Waals surface area contributed by atoms with Crippen LogP contribution in [0.3, 0.4) is 0 Å². The Morgan fingerprint density at radius 2 is 1.86 bits per heavy atom. The molecule has 2 atom stereocenters. The SMILES string of the molecule is O=C(CC1CCCCC1)N=C1S[C@@H]2CS(=O)(=O)C[C@@H]2N1CCc1ccccc1. The summed E-state index contributed by atoms with van der Waals surface area (Å²) in [6.07, 6.45) is 7.32. The third-order valence-corrected chi connectivity index (χ3v) is 9.32. The quantitative estimate of drug-likeness (QED) is 0.731. The lowest BCUT2D eigenvalue weighted by atomic mass is 9.87. The summed E-state index contributed by atoms with van der Waals surface area (Å²) in [4.78, 5) is 19.1. The van der Waals surface area contributed by atoms with E-state index in [0.29, 0.717) is 18.9 Å². The number of amidine groups is 1. The Labute approximate surface area is 171 Å². The highest BCUT2D eigenvalue weighted by Gasteiger charge is 2.48. The van der Waals surface area contributed by atoms with E-state index in [0.717, 1.165) is 24.4 Å². The Morgan fingerprint density at radius 3 is 2.61 bits per heavy atom. The highest BCUT2D eigenvalue weighted by molar-refractivity contribution is 8.15. The van der Waals surface area contributed by atoms with Crippen molar-refractivity contribution in [3.05, 3.63) is 35.9 Å². The molecule has 0 N–H and O–H groups in total. The first kappa shape index (κ1) is 20.0. The van der Waals surface area contributed by atoms with Crippen molar-refractivity contribution in [3.8, 4) is 0 Å². The molecule has 0 aromatic heterocycles. The van der Waals surface area contributed by atoms with E-state index in [9.17, 15) is 13.2 Å². The molecule has 1 amide bonds. The number of thioether (sulfide) groups is 1. The van der Waals surface area contributed by atoms with Gasteiger partial charge in [0.2, 0.25) is 5.91 Å². The largest absolute Gasteiger partial charge is 0.346 e. The molecule has 4 rings (SSSR count). The Kier molecular flexibility index (Phi) is 6.11. The summed E-state index contributed by atoms with van der Waals surface area (Å²) in [6, 6.07) is 10.1. The predicted molar refractivity (Wildman–Crippen MR) is 114 cm³/mol. The maximum absolute atomic E-state index is 12.6. The Balaban J connectivity index is 1.47. The third-order valence-electron chi connectivity index (χ3n) is 6.07. The smallest absolute Gasteiger partial charge is 0.248 e. The van der Waals surface area contributed by atoms with Gasteiger partial charge in [0.05, 0.1) is 17.5 Å². The molecule has 1 aliphatic carbocycles. The van der Waals surface area contributed by atoms with Gasteiger partial charge in [-0.15, -0.1) is 0 Å². The Morgan fingerprint density at radius 1 is 1.11 bits per heavy atom. The summed E-state index contributed by atoms with van der Waals surface area (Å²) < 4.78 is 24.2. The number of hydrogen-bond donors (Lipinski definition) is 0. The molecule has 1 aromatic rings. The van der Waals surface area contributed by atoms with Crippen LogP contribution < -0.4 is 0 Å². The zero-order chi connectivity index (χ0) is 19.6. The van der Waals surface area contributed by atoms with Crippen LogP contribution in [-0.4, -0.2) is 53.7 Å². The van der Waals surface area contributed by atoms with Crippen molar-refractivity contribution < 1.29 is 13.2 Å². The fraction of sp³-hybridized carbons (Fsp3) is 0.619. The third kappa shape index (κ3) is 4.79. The van der Waals surface area contributed by atoms with Gasteiger partial charge in [-0.25, -0.2) is 8.42 Å². The highest BCUT2D eigenvalue weighted by atomic mass is 32.2. The maximum Gasteiger partial charge on any atom is 0.248 e. The van der Waals surface area contributed by atoms with Gasteiger partial charge in [-0.05, 0) is 30.7 Å². The lowest BCUT2D eigenvalue weighted by molar-refractivity contribution is -0.118. The van der Waals surface area contributed by atoms with Crippen molar-refractivity contribution in [2.45, 2.75) is 56.2 Å². The number of sulfone groups is 1. The summed E-state index contributed by atoms with van der Waals surface area (Å²) in [5.41, 5.74) is 1.21. The molecule has 1 saturated carbocycles. The minimum atomic E-state index is -3.00. The van der Waals surface area contributed by atoms with Crippen molar-refractivity contribution in [2.75, 3.05) is 18.1 Å². The van der Waals surface area contributed by atoms with Crippen molar-refractivity contribution in [3.63, 3.8) is 0 Å². The molecule has 152 valence electrons. The molecule has 2 aliphatic heterocycles. The molecule has 0 spiro atoms. The number of benzene rings is 1. The van der Waals surface area contributed by atoms with Crippen LogP contribution in [0.4, 0.5) is 0 Å². The summed E-state index contributed by atoms with van der Waals surface area (Å²) in [7, 11) is -3.00. The van der Waals surface area contributed by atoms with E-state index < -0.39 is 9.84 Å². The number of carbonyl (C=O) groups is 1. The molecule has 5 nitrogen and oxygen atoms in total. The van der Waals surface area contributed by atoms with Crippen LogP contribution in [0.1, 0.15) is 44.1 Å². The standard InChI is InChI=1S/C21H28N2O3S2/c24-20(13-17-9-5-2-6-10-17)22-21-23(12-11-16-7-3-1-4-8-16)18-14-28(25,26)15-19(18)27-21/h1,3-4,7-8,17-19H,2,5-6,9-15H2/t18-,19+/m0/s1. The first-order valence-electron chi connectivity index (χ1n) is 10.3. The summed E-state index contributed by atoms with van der Waals surface area (Å²) in [5, 5.41) is 0.739. The number of rotatable bonds is 5. The van der Waals surface area contributed by atoms with Crippen molar-refractivity contribution in [1.29, 1.82) is 0 Å². The number of aliphatic imine (C=N–C) groups is 1. The van der Waals surface area contributed by atoms with E-state index in [1.54, 1.807) is 0 Å². The second kappa shape index (κ2) is 8.57. The van der Waals surface area contributed by atoms with E-state index in [4.69, 9.17) is 0 Å². The average Bonchev–Trinajstić information content (AvgIpc) is 3.12. The average molecular weight is 421 g/mol. The van der Waals surface area contributed by atoms with Gasteiger partial charge >= 0.3 is 0 Å². The van der Waals surface area contributed by atoms with Gasteiger partial charge in [0, 0.05) is 18.2 Å². The molecule has 28 heavy (non-hydrogen) atoms. The minimum Gasteiger partial charge on any atom is -0.346 e. The Bertz CT molecular complexity index is 832. The van der Waals surface area contributed by atoms with Gasteiger partial charge in [0.1, 0.15) is 0 Å². The topological polar surface area (TPSA) is 66.8 Å². The minimum absolute atomic E-state index is 0.00186. The molecular weight excluding hydrogens is 392 g/mol. The monoisotopic (exact) mass is 420 g/mol. The number of amides is 1. The van der Waals surface area contributed by atoms with Crippen molar-refractivity contribution >= 4 is 32.7 Å².